The lowest BCUT2D eigenvalue weighted by Crippen LogP contribution is -2.11. The lowest BCUT2D eigenvalue weighted by molar-refractivity contribution is -0.142. The Labute approximate surface area is 117 Å². The van der Waals surface area contributed by atoms with Crippen molar-refractivity contribution in [3.63, 3.8) is 0 Å². The van der Waals surface area contributed by atoms with Gasteiger partial charge in [0, 0.05) is 12.1 Å². The summed E-state index contributed by atoms with van der Waals surface area (Å²) in [6, 6.07) is 7.04. The molecule has 0 aliphatic carbocycles. The smallest absolute Gasteiger partial charge is 0.318 e. The minimum absolute atomic E-state index is 0.145. The average molecular weight is 283 g/mol. The summed E-state index contributed by atoms with van der Waals surface area (Å²) in [5.74, 6) is -0.492. The average Bonchev–Trinajstić information content (AvgIpc) is 2.31. The fraction of sp³-hybridized carbons (Fsp3) is 0.286. The molecule has 0 unspecified atom stereocenters. The normalized spacial score (nSPS) is 11.2. The fourth-order valence-corrected chi connectivity index (χ4v) is 1.50. The Morgan fingerprint density at radius 3 is 2.42 bits per heavy atom. The van der Waals surface area contributed by atoms with E-state index < -0.39 is 5.97 Å². The standard InChI is InChI=1S/C14H15ClO4/c1-10(16)7-14(17)19-13(9-18-2)8-11-3-5-12(15)6-4-11/h3-6,8H,7,9H2,1-2H3/b13-8+. The van der Waals surface area contributed by atoms with E-state index in [-0.39, 0.29) is 18.8 Å². The van der Waals surface area contributed by atoms with Gasteiger partial charge in [-0.3, -0.25) is 9.59 Å². The molecule has 0 bridgehead atoms. The molecule has 0 N–H and O–H groups in total. The first-order chi connectivity index (χ1) is 9.01. The molecule has 0 radical (unpaired) electrons. The largest absolute Gasteiger partial charge is 0.428 e. The van der Waals surface area contributed by atoms with Gasteiger partial charge in [-0.2, -0.15) is 0 Å². The molecule has 0 heterocycles. The number of rotatable bonds is 6. The van der Waals surface area contributed by atoms with Crippen molar-refractivity contribution < 1.29 is 19.1 Å². The minimum Gasteiger partial charge on any atom is -0.428 e. The van der Waals surface area contributed by atoms with E-state index in [0.717, 1.165) is 5.56 Å². The Balaban J connectivity index is 2.78. The van der Waals surface area contributed by atoms with E-state index in [2.05, 4.69) is 0 Å². The van der Waals surface area contributed by atoms with Crippen LogP contribution in [0, 0.1) is 0 Å². The van der Waals surface area contributed by atoms with E-state index in [1.807, 2.05) is 0 Å². The van der Waals surface area contributed by atoms with E-state index in [1.54, 1.807) is 30.3 Å². The second kappa shape index (κ2) is 7.71. The van der Waals surface area contributed by atoms with Crippen molar-refractivity contribution in [2.24, 2.45) is 0 Å². The summed E-state index contributed by atoms with van der Waals surface area (Å²) in [4.78, 5) is 22.2. The van der Waals surface area contributed by atoms with E-state index in [0.29, 0.717) is 10.8 Å². The van der Waals surface area contributed by atoms with Gasteiger partial charge in [0.25, 0.3) is 0 Å². The summed E-state index contributed by atoms with van der Waals surface area (Å²) >= 11 is 5.78. The molecule has 1 aromatic rings. The summed E-state index contributed by atoms with van der Waals surface area (Å²) in [6.45, 7) is 1.48. The van der Waals surface area contributed by atoms with Crippen molar-refractivity contribution in [3.8, 4) is 0 Å². The number of halogens is 1. The maximum atomic E-state index is 11.4. The number of methoxy groups -OCH3 is 1. The Morgan fingerprint density at radius 2 is 1.89 bits per heavy atom. The lowest BCUT2D eigenvalue weighted by atomic mass is 10.2. The topological polar surface area (TPSA) is 52.6 Å². The molecule has 4 nitrogen and oxygen atoms in total. The monoisotopic (exact) mass is 282 g/mol. The number of carbonyl (C=O) groups is 2. The van der Waals surface area contributed by atoms with Crippen LogP contribution in [0.1, 0.15) is 18.9 Å². The highest BCUT2D eigenvalue weighted by molar-refractivity contribution is 6.30. The first kappa shape index (κ1) is 15.4. The van der Waals surface area contributed by atoms with Crippen LogP contribution in [-0.2, 0) is 19.1 Å². The molecule has 0 atom stereocenters. The second-order valence-electron chi connectivity index (χ2n) is 3.95. The van der Waals surface area contributed by atoms with Crippen LogP contribution in [0.25, 0.3) is 6.08 Å². The van der Waals surface area contributed by atoms with E-state index in [4.69, 9.17) is 21.1 Å². The summed E-state index contributed by atoms with van der Waals surface area (Å²) in [7, 11) is 1.49. The predicted octanol–water partition coefficient (Wildman–Crippen LogP) is 2.85. The number of esters is 1. The third-order valence-corrected chi connectivity index (χ3v) is 2.37. The molecule has 1 aromatic carbocycles. The molecule has 0 fully saturated rings. The van der Waals surface area contributed by atoms with Crippen LogP contribution >= 0.6 is 11.6 Å². The molecule has 0 saturated heterocycles. The van der Waals surface area contributed by atoms with Crippen LogP contribution < -0.4 is 0 Å². The van der Waals surface area contributed by atoms with Crippen LogP contribution in [0.15, 0.2) is 30.0 Å². The van der Waals surface area contributed by atoms with Gasteiger partial charge in [0.05, 0.1) is 0 Å². The molecular formula is C14H15ClO4. The van der Waals surface area contributed by atoms with Gasteiger partial charge in [-0.05, 0) is 30.7 Å². The molecule has 0 aromatic heterocycles. The quantitative estimate of drug-likeness (QED) is 0.457. The molecular weight excluding hydrogens is 268 g/mol. The van der Waals surface area contributed by atoms with Crippen molar-refractivity contribution in [1.82, 2.24) is 0 Å². The molecule has 19 heavy (non-hydrogen) atoms. The maximum absolute atomic E-state index is 11.4. The number of ketones is 1. The van der Waals surface area contributed by atoms with Crippen molar-refractivity contribution in [2.75, 3.05) is 13.7 Å². The highest BCUT2D eigenvalue weighted by atomic mass is 35.5. The summed E-state index contributed by atoms with van der Waals surface area (Å²) in [6.07, 6.45) is 1.42. The van der Waals surface area contributed by atoms with Crippen molar-refractivity contribution >= 4 is 29.4 Å². The Kier molecular flexibility index (Phi) is 6.25. The molecule has 0 amide bonds. The first-order valence-electron chi connectivity index (χ1n) is 5.66. The van der Waals surface area contributed by atoms with Crippen LogP contribution in [-0.4, -0.2) is 25.5 Å². The minimum atomic E-state index is -0.593. The summed E-state index contributed by atoms with van der Waals surface area (Å²) in [5.41, 5.74) is 0.826. The molecule has 0 aliphatic heterocycles. The van der Waals surface area contributed by atoms with Gasteiger partial charge in [0.2, 0.25) is 0 Å². The van der Waals surface area contributed by atoms with Crippen LogP contribution in [0.5, 0.6) is 0 Å². The third-order valence-electron chi connectivity index (χ3n) is 2.12. The SMILES string of the molecule is COC/C(=C\c1ccc(Cl)cc1)OC(=O)CC(C)=O. The van der Waals surface area contributed by atoms with Crippen molar-refractivity contribution in [3.05, 3.63) is 40.6 Å². The molecule has 5 heteroatoms. The Bertz CT molecular complexity index is 477. The summed E-state index contributed by atoms with van der Waals surface area (Å²) < 4.78 is 10.0. The van der Waals surface area contributed by atoms with Crippen LogP contribution in [0.3, 0.4) is 0 Å². The number of hydrogen-bond acceptors (Lipinski definition) is 4. The maximum Gasteiger partial charge on any atom is 0.318 e. The van der Waals surface area contributed by atoms with Crippen molar-refractivity contribution in [1.29, 1.82) is 0 Å². The van der Waals surface area contributed by atoms with E-state index >= 15 is 0 Å². The second-order valence-corrected chi connectivity index (χ2v) is 4.38. The molecule has 102 valence electrons. The van der Waals surface area contributed by atoms with Crippen LogP contribution in [0.2, 0.25) is 5.02 Å². The predicted molar refractivity (Wildman–Crippen MR) is 72.7 cm³/mol. The zero-order chi connectivity index (χ0) is 14.3. The molecule has 0 aliphatic rings. The first-order valence-corrected chi connectivity index (χ1v) is 6.04. The zero-order valence-corrected chi connectivity index (χ0v) is 11.6. The van der Waals surface area contributed by atoms with Crippen molar-refractivity contribution in [2.45, 2.75) is 13.3 Å². The van der Waals surface area contributed by atoms with E-state index in [1.165, 1.54) is 14.0 Å². The highest BCUT2D eigenvalue weighted by Crippen LogP contribution is 2.13. The Hall–Kier alpha value is -1.65. The van der Waals surface area contributed by atoms with Gasteiger partial charge in [-0.15, -0.1) is 0 Å². The fourth-order valence-electron chi connectivity index (χ4n) is 1.37. The third kappa shape index (κ3) is 6.18. The number of Topliss-reactive ketones (excluding diaryl/α,β-unsaturated/α-hetero) is 1. The van der Waals surface area contributed by atoms with Gasteiger partial charge in [-0.25, -0.2) is 0 Å². The Morgan fingerprint density at radius 1 is 1.26 bits per heavy atom. The van der Waals surface area contributed by atoms with Gasteiger partial charge in [0.15, 0.2) is 0 Å². The number of hydrogen-bond donors (Lipinski definition) is 0. The van der Waals surface area contributed by atoms with Gasteiger partial charge >= 0.3 is 5.97 Å². The van der Waals surface area contributed by atoms with Gasteiger partial charge < -0.3 is 9.47 Å². The molecule has 1 rings (SSSR count). The number of ether oxygens (including phenoxy) is 2. The van der Waals surface area contributed by atoms with Crippen LogP contribution in [0.4, 0.5) is 0 Å². The zero-order valence-electron chi connectivity index (χ0n) is 10.8. The molecule has 0 saturated carbocycles. The number of carbonyl (C=O) groups excluding carboxylic acids is 2. The highest BCUT2D eigenvalue weighted by Gasteiger charge is 2.10. The molecule has 0 spiro atoms. The summed E-state index contributed by atoms with van der Waals surface area (Å²) in [5, 5.41) is 0.624. The van der Waals surface area contributed by atoms with Gasteiger partial charge in [-0.1, -0.05) is 23.7 Å². The number of benzene rings is 1. The lowest BCUT2D eigenvalue weighted by Gasteiger charge is -2.07. The van der Waals surface area contributed by atoms with Gasteiger partial charge in [0.1, 0.15) is 24.6 Å². The van der Waals surface area contributed by atoms with E-state index in [9.17, 15) is 9.59 Å².